The van der Waals surface area contributed by atoms with Gasteiger partial charge in [0, 0.05) is 87.3 Å². The van der Waals surface area contributed by atoms with Crippen molar-refractivity contribution in [2.24, 2.45) is 56.2 Å². The summed E-state index contributed by atoms with van der Waals surface area (Å²) >= 11 is 5.20. The number of Topliss-reactive ketones (excluding diaryl/α,β-unsaturated/α-hetero) is 6. The van der Waals surface area contributed by atoms with Gasteiger partial charge in [-0.15, -0.1) is 36.9 Å². The minimum absolute atomic E-state index is 0.00894. The molecule has 0 rings (SSSR count). The van der Waals surface area contributed by atoms with E-state index in [1.54, 1.807) is 80.5 Å². The quantitative estimate of drug-likeness (QED) is 0.0270. The average Bonchev–Trinajstić information content (AvgIpc) is 0.877. The van der Waals surface area contributed by atoms with Gasteiger partial charge in [-0.1, -0.05) is 203 Å². The number of carbonyl (C=O) groups excluding carboxylic acids is 10. The lowest BCUT2D eigenvalue weighted by molar-refractivity contribution is -0.131. The molecule has 0 radical (unpaired) electrons. The Morgan fingerprint density at radius 2 is 0.955 bits per heavy atom. The molecular weight excluding hydrogens is 1460 g/mol. The predicted molar refractivity (Wildman–Crippen MR) is 467 cm³/mol. The number of likely N-dealkylation sites (N-methyl/N-ethyl adjacent to an activating group) is 1. The molecule has 0 fully saturated rings. The van der Waals surface area contributed by atoms with Crippen molar-refractivity contribution < 1.29 is 69.2 Å². The minimum atomic E-state index is -3.26. The van der Waals surface area contributed by atoms with E-state index in [9.17, 15) is 69.2 Å². The van der Waals surface area contributed by atoms with Crippen molar-refractivity contribution in [3.8, 4) is 30.8 Å². The molecule has 0 aromatic heterocycles. The number of ketones is 9. The first-order chi connectivity index (χ1) is 48.5. The molecule has 0 spiro atoms. The van der Waals surface area contributed by atoms with Gasteiger partial charge >= 0.3 is 0 Å². The largest absolute Gasteiger partial charge is 0.348 e. The zero-order chi connectivity index (χ0) is 92.0. The smallest absolute Gasteiger partial charge is 0.244 e. The van der Waals surface area contributed by atoms with E-state index in [0.29, 0.717) is 18.3 Å². The van der Waals surface area contributed by atoms with Gasteiger partial charge in [0.2, 0.25) is 21.7 Å². The lowest BCUT2D eigenvalue weighted by atomic mass is 9.88. The standard InChI is InChI=1S/C10H20N2O.C9H16O.C8H14O2.C8H14O.C8H12O.C6H13NO2S.C6H9NO.C6H10O.C6H12.C6H10.C5H9ClO.C5H9FO.C5H10O2S/c1-10(2,3)11-9(13)7-6-8-12(4)5;1-7(2)6-8(10)9(3,4)5;1-6(9)5-7(10)8(2,3)4;2*1-5-7(9)6-8(2,3)4;1-5-10(8,9)7-6(2,3)4;1-5(2)6(8)3-4-7;1-4-6(7)5(2)3;2*1-5-6(2,3)4;2*1-4(2)5(7)3-6;1-4-8(6,7)5(2)3/h6-7H,8H2,1-5H3,(H,11,13);6H,1-5H3;5H2,1-4H3;5H,1,6H2,2-4H3;1H,6H2,2-4H3;5,7H,1H2,2-4H3;5H,3H2,1-2H3;4-5H,1H2,2-3H3;5H,1H2,2-4H3;1H,2-4H3;2*4H,3H2,1-2H3;4-5H,1H2,2-3H3/b7-6+;;;;;;;;;;;;. The van der Waals surface area contributed by atoms with Crippen LogP contribution in [0.2, 0.25) is 0 Å². The van der Waals surface area contributed by atoms with E-state index in [4.69, 9.17) is 29.7 Å². The molecule has 0 saturated heterocycles. The number of sulfonamides is 1. The van der Waals surface area contributed by atoms with Crippen molar-refractivity contribution in [2.75, 3.05) is 33.2 Å². The molecule has 22 heteroatoms. The van der Waals surface area contributed by atoms with Crippen molar-refractivity contribution >= 4 is 89.4 Å². The Balaban J connectivity index is -0.0000000847. The maximum atomic E-state index is 11.3. The molecule has 0 aliphatic carbocycles. The maximum absolute atomic E-state index is 11.3. The van der Waals surface area contributed by atoms with E-state index in [-0.39, 0.29) is 138 Å². The summed E-state index contributed by atoms with van der Waals surface area (Å²) in [6.07, 6.45) is 20.9. The van der Waals surface area contributed by atoms with Crippen molar-refractivity contribution in [3.63, 3.8) is 0 Å². The molecule has 0 aromatic carbocycles. The van der Waals surface area contributed by atoms with Gasteiger partial charge in [-0.2, -0.15) is 5.26 Å². The molecular formula is C88H158ClFN4O14S2. The number of rotatable bonds is 21. The second-order valence-electron chi connectivity index (χ2n) is 35.6. The molecule has 110 heavy (non-hydrogen) atoms. The molecule has 18 nitrogen and oxygen atoms in total. The first-order valence-electron chi connectivity index (χ1n) is 36.4. The van der Waals surface area contributed by atoms with Crippen molar-refractivity contribution in [1.82, 2.24) is 14.9 Å². The number of hydrogen-bond acceptors (Lipinski definition) is 16. The number of nitriles is 1. The SMILES string of the molecule is C#CC(=O)CC(C)(C)C.C#CC(C)(C)C.C=CC(=O)C(C)C.C=CC(=O)CC(C)(C)C.C=CC(C)(C)C.C=CS(=O)(=O)C(C)C.C=CS(=O)(=O)NC(C)(C)C.CC(=O)CC(=O)C(C)(C)C.CC(C)=CC(=O)C(C)(C)C.CC(C)C(=O)CC#N.CC(C)C(=O)CCl.CC(C)C(=O)CF.CN(C)C/C=C/C(=O)NC(C)(C)C. The van der Waals surface area contributed by atoms with E-state index in [0.717, 1.165) is 22.9 Å². The van der Waals surface area contributed by atoms with E-state index < -0.39 is 32.1 Å². The summed E-state index contributed by atoms with van der Waals surface area (Å²) in [6.45, 7) is 86.4. The molecule has 1 amide bonds. The van der Waals surface area contributed by atoms with Crippen LogP contribution in [-0.2, 0) is 67.8 Å². The number of alkyl halides is 2. The molecule has 0 unspecified atom stereocenters. The monoisotopic (exact) mass is 1610 g/mol. The van der Waals surface area contributed by atoms with Gasteiger partial charge in [0.15, 0.2) is 33.0 Å². The summed E-state index contributed by atoms with van der Waals surface area (Å²) in [5, 5.41) is 12.4. The molecule has 0 aliphatic heterocycles. The van der Waals surface area contributed by atoms with Gasteiger partial charge < -0.3 is 10.2 Å². The second-order valence-corrected chi connectivity index (χ2v) is 39.9. The summed E-state index contributed by atoms with van der Waals surface area (Å²) in [6, 6.07) is 1.80. The van der Waals surface area contributed by atoms with Crippen molar-refractivity contribution in [2.45, 2.75) is 298 Å². The van der Waals surface area contributed by atoms with Gasteiger partial charge in [-0.05, 0) is 151 Å². The highest BCUT2D eigenvalue weighted by atomic mass is 35.5. The Kier molecular flexibility index (Phi) is 81.9. The Hall–Kier alpha value is -6.67. The third-order valence-corrected chi connectivity index (χ3v) is 14.6. The van der Waals surface area contributed by atoms with Crippen LogP contribution in [0.15, 0.2) is 85.7 Å². The Bertz CT molecular complexity index is 3120. The number of terminal acetylenes is 2. The summed E-state index contributed by atoms with van der Waals surface area (Å²) in [5.41, 5.74) is 0.407. The summed E-state index contributed by atoms with van der Waals surface area (Å²) < 4.78 is 56.4. The number of allylic oxidation sites excluding steroid dienone is 5. The Labute approximate surface area is 678 Å². The summed E-state index contributed by atoms with van der Waals surface area (Å²) in [4.78, 5) is 109. The van der Waals surface area contributed by atoms with Gasteiger partial charge in [0.05, 0.1) is 30.0 Å². The summed E-state index contributed by atoms with van der Waals surface area (Å²) in [7, 11) is -2.31. The van der Waals surface area contributed by atoms with Gasteiger partial charge in [-0.25, -0.2) is 25.9 Å². The van der Waals surface area contributed by atoms with Crippen LogP contribution < -0.4 is 10.0 Å². The predicted octanol–water partition coefficient (Wildman–Crippen LogP) is 19.8. The zero-order valence-electron chi connectivity index (χ0n) is 76.3. The number of halogens is 2. The molecule has 0 heterocycles. The van der Waals surface area contributed by atoms with Crippen LogP contribution in [0.25, 0.3) is 0 Å². The average molecular weight is 1610 g/mol. The highest BCUT2D eigenvalue weighted by Crippen LogP contribution is 2.20. The molecule has 640 valence electrons. The highest BCUT2D eigenvalue weighted by Gasteiger charge is 2.22. The van der Waals surface area contributed by atoms with Crippen LogP contribution in [0.4, 0.5) is 4.39 Å². The number of carbonyl (C=O) groups is 10. The first-order valence-corrected chi connectivity index (χ1v) is 40.1. The minimum Gasteiger partial charge on any atom is -0.348 e. The van der Waals surface area contributed by atoms with Gasteiger partial charge in [0.1, 0.15) is 29.8 Å². The van der Waals surface area contributed by atoms with Crippen molar-refractivity contribution in [3.05, 3.63) is 85.7 Å². The molecule has 0 saturated carbocycles. The number of sulfone groups is 1. The van der Waals surface area contributed by atoms with Crippen LogP contribution in [0.3, 0.4) is 0 Å². The van der Waals surface area contributed by atoms with E-state index in [2.05, 4.69) is 75.5 Å². The number of nitrogens with one attached hydrogen (secondary N) is 2. The van der Waals surface area contributed by atoms with E-state index >= 15 is 0 Å². The first kappa shape index (κ1) is 133. The fourth-order valence-electron chi connectivity index (χ4n) is 4.37. The molecule has 2 N–H and O–H groups in total. The topological polar surface area (TPSA) is 290 Å². The van der Waals surface area contributed by atoms with Crippen LogP contribution in [0.1, 0.15) is 282 Å². The second kappa shape index (κ2) is 68.0. The van der Waals surface area contributed by atoms with Gasteiger partial charge in [0.25, 0.3) is 0 Å². The lowest BCUT2D eigenvalue weighted by Crippen LogP contribution is -2.39. The molecule has 0 bridgehead atoms. The third-order valence-electron chi connectivity index (χ3n) is 11.2. The lowest BCUT2D eigenvalue weighted by Gasteiger charge is -2.19. The highest BCUT2D eigenvalue weighted by molar-refractivity contribution is 7.94. The third kappa shape index (κ3) is 134. The molecule has 0 aliphatic rings. The van der Waals surface area contributed by atoms with Crippen LogP contribution in [0.5, 0.6) is 0 Å². The van der Waals surface area contributed by atoms with Crippen LogP contribution in [0, 0.1) is 92.2 Å². The Morgan fingerprint density at radius 1 is 0.573 bits per heavy atom. The van der Waals surface area contributed by atoms with E-state index in [1.165, 1.54) is 19.1 Å². The van der Waals surface area contributed by atoms with Crippen molar-refractivity contribution in [1.29, 1.82) is 5.26 Å². The van der Waals surface area contributed by atoms with Gasteiger partial charge in [-0.3, -0.25) is 47.9 Å². The summed E-state index contributed by atoms with van der Waals surface area (Å²) in [5.74, 6) is 4.97. The normalized spacial score (nSPS) is 10.9. The van der Waals surface area contributed by atoms with E-state index in [1.807, 2.05) is 197 Å². The van der Waals surface area contributed by atoms with Crippen LogP contribution >= 0.6 is 11.6 Å². The maximum Gasteiger partial charge on any atom is 0.244 e. The number of amides is 1. The van der Waals surface area contributed by atoms with Crippen LogP contribution in [-0.4, -0.2) is 129 Å². The fourth-order valence-corrected chi connectivity index (χ4v) is 6.00. The number of hydrogen-bond donors (Lipinski definition) is 2. The molecule has 0 atom stereocenters. The zero-order valence-corrected chi connectivity index (χ0v) is 78.7. The molecule has 0 aromatic rings. The Morgan fingerprint density at radius 3 is 1.05 bits per heavy atom. The number of nitrogens with zero attached hydrogens (tertiary/aromatic N) is 2. The fraction of sp³-hybridized carbons (Fsp3) is 0.670.